The van der Waals surface area contributed by atoms with E-state index in [9.17, 15) is 14.7 Å². The Labute approximate surface area is 109 Å². The van der Waals surface area contributed by atoms with E-state index in [2.05, 4.69) is 5.43 Å². The monoisotopic (exact) mass is 256 g/mol. The fourth-order valence-electron chi connectivity index (χ4n) is 2.08. The van der Waals surface area contributed by atoms with Gasteiger partial charge < -0.3 is 5.11 Å². The molecule has 0 spiro atoms. The van der Waals surface area contributed by atoms with Crippen molar-refractivity contribution in [2.75, 3.05) is 13.1 Å². The van der Waals surface area contributed by atoms with Gasteiger partial charge in [-0.2, -0.15) is 0 Å². The van der Waals surface area contributed by atoms with Crippen LogP contribution in [-0.2, 0) is 9.59 Å². The summed E-state index contributed by atoms with van der Waals surface area (Å²) >= 11 is 0. The van der Waals surface area contributed by atoms with Gasteiger partial charge in [-0.15, -0.1) is 0 Å². The van der Waals surface area contributed by atoms with Gasteiger partial charge in [-0.3, -0.25) is 15.0 Å². The second-order valence-electron chi connectivity index (χ2n) is 5.64. The summed E-state index contributed by atoms with van der Waals surface area (Å²) in [6.07, 6.45) is 3.39. The molecular weight excluding hydrogens is 232 g/mol. The van der Waals surface area contributed by atoms with Crippen molar-refractivity contribution in [2.45, 2.75) is 46.5 Å². The Bertz CT molecular complexity index is 311. The zero-order valence-corrected chi connectivity index (χ0v) is 11.5. The second kappa shape index (κ2) is 6.18. The molecule has 1 saturated heterocycles. The maximum Gasteiger partial charge on any atom is 0.310 e. The van der Waals surface area contributed by atoms with E-state index in [1.54, 1.807) is 6.92 Å². The number of nitrogens with zero attached hydrogens (tertiary/aromatic N) is 1. The predicted octanol–water partition coefficient (Wildman–Crippen LogP) is 1.64. The van der Waals surface area contributed by atoms with Crippen molar-refractivity contribution in [1.29, 1.82) is 0 Å². The maximum absolute atomic E-state index is 11.9. The average molecular weight is 256 g/mol. The van der Waals surface area contributed by atoms with Crippen molar-refractivity contribution < 1.29 is 14.7 Å². The van der Waals surface area contributed by atoms with E-state index in [1.165, 1.54) is 6.42 Å². The number of aliphatic carboxylic acids is 1. The van der Waals surface area contributed by atoms with E-state index < -0.39 is 11.4 Å². The van der Waals surface area contributed by atoms with Crippen LogP contribution in [0.4, 0.5) is 0 Å². The molecule has 0 aromatic rings. The molecule has 2 N–H and O–H groups in total. The molecule has 1 aliphatic rings. The SMILES string of the molecule is CC(C)C(C)(CC(=O)NN1CCCCC1)C(=O)O. The molecule has 104 valence electrons. The predicted molar refractivity (Wildman–Crippen MR) is 68.8 cm³/mol. The molecule has 1 amide bonds. The molecule has 0 aliphatic carbocycles. The van der Waals surface area contributed by atoms with Crippen LogP contribution in [0.25, 0.3) is 0 Å². The van der Waals surface area contributed by atoms with Crippen LogP contribution in [0.2, 0.25) is 0 Å². The highest BCUT2D eigenvalue weighted by molar-refractivity contribution is 5.84. The largest absolute Gasteiger partial charge is 0.481 e. The number of hydrazine groups is 1. The lowest BCUT2D eigenvalue weighted by molar-refractivity contribution is -0.154. The Morgan fingerprint density at radius 2 is 1.83 bits per heavy atom. The third kappa shape index (κ3) is 3.70. The van der Waals surface area contributed by atoms with Gasteiger partial charge in [-0.05, 0) is 25.7 Å². The van der Waals surface area contributed by atoms with Crippen molar-refractivity contribution in [1.82, 2.24) is 10.4 Å². The van der Waals surface area contributed by atoms with Gasteiger partial charge in [0.15, 0.2) is 0 Å². The number of piperidine rings is 1. The molecule has 0 aromatic heterocycles. The number of nitrogens with one attached hydrogen (secondary N) is 1. The number of carbonyl (C=O) groups excluding carboxylic acids is 1. The zero-order valence-electron chi connectivity index (χ0n) is 11.5. The minimum Gasteiger partial charge on any atom is -0.481 e. The summed E-state index contributed by atoms with van der Waals surface area (Å²) in [5.74, 6) is -1.19. The minimum absolute atomic E-state index is 0.0243. The van der Waals surface area contributed by atoms with Crippen LogP contribution >= 0.6 is 0 Å². The van der Waals surface area contributed by atoms with Gasteiger partial charge in [-0.25, -0.2) is 5.01 Å². The number of hydrogen-bond donors (Lipinski definition) is 2. The highest BCUT2D eigenvalue weighted by atomic mass is 16.4. The Balaban J connectivity index is 2.53. The molecule has 1 fully saturated rings. The summed E-state index contributed by atoms with van der Waals surface area (Å²) in [5, 5.41) is 11.2. The van der Waals surface area contributed by atoms with Crippen LogP contribution in [0, 0.1) is 11.3 Å². The lowest BCUT2D eigenvalue weighted by atomic mass is 9.76. The average Bonchev–Trinajstić information content (AvgIpc) is 2.29. The van der Waals surface area contributed by atoms with E-state index in [4.69, 9.17) is 0 Å². The Hall–Kier alpha value is -1.10. The lowest BCUT2D eigenvalue weighted by Gasteiger charge is -2.31. The maximum atomic E-state index is 11.9. The fourth-order valence-corrected chi connectivity index (χ4v) is 2.08. The van der Waals surface area contributed by atoms with Crippen molar-refractivity contribution in [3.63, 3.8) is 0 Å². The van der Waals surface area contributed by atoms with Crippen molar-refractivity contribution in [3.05, 3.63) is 0 Å². The summed E-state index contributed by atoms with van der Waals surface area (Å²) < 4.78 is 0. The topological polar surface area (TPSA) is 69.6 Å². The number of carboxylic acid groups (broad SMARTS) is 1. The first kappa shape index (κ1) is 15.0. The zero-order chi connectivity index (χ0) is 13.8. The quantitative estimate of drug-likeness (QED) is 0.784. The van der Waals surface area contributed by atoms with Gasteiger partial charge in [0.2, 0.25) is 5.91 Å². The molecule has 1 rings (SSSR count). The van der Waals surface area contributed by atoms with E-state index >= 15 is 0 Å². The molecule has 18 heavy (non-hydrogen) atoms. The number of hydrogen-bond acceptors (Lipinski definition) is 3. The molecule has 1 unspecified atom stereocenters. The van der Waals surface area contributed by atoms with Gasteiger partial charge in [0, 0.05) is 19.5 Å². The second-order valence-corrected chi connectivity index (χ2v) is 5.64. The van der Waals surface area contributed by atoms with Crippen molar-refractivity contribution in [3.8, 4) is 0 Å². The van der Waals surface area contributed by atoms with E-state index in [-0.39, 0.29) is 18.2 Å². The first-order valence-corrected chi connectivity index (χ1v) is 6.64. The number of carbonyl (C=O) groups is 2. The number of amides is 1. The smallest absolute Gasteiger partial charge is 0.310 e. The van der Waals surface area contributed by atoms with E-state index in [1.807, 2.05) is 18.9 Å². The van der Waals surface area contributed by atoms with E-state index in [0.717, 1.165) is 25.9 Å². The standard InChI is InChI=1S/C13H24N2O3/c1-10(2)13(3,12(17)18)9-11(16)14-15-7-5-4-6-8-15/h10H,4-9H2,1-3H3,(H,14,16)(H,17,18). The third-order valence-electron chi connectivity index (χ3n) is 3.93. The fraction of sp³-hybridized carbons (Fsp3) is 0.846. The van der Waals surface area contributed by atoms with Crippen LogP contribution in [0.1, 0.15) is 46.5 Å². The van der Waals surface area contributed by atoms with Crippen LogP contribution in [0.5, 0.6) is 0 Å². The van der Waals surface area contributed by atoms with Crippen LogP contribution in [0.15, 0.2) is 0 Å². The molecule has 0 aromatic carbocycles. The molecule has 0 radical (unpaired) electrons. The molecular formula is C13H24N2O3. The number of carboxylic acids is 1. The lowest BCUT2D eigenvalue weighted by Crippen LogP contribution is -2.48. The van der Waals surface area contributed by atoms with Gasteiger partial charge in [0.05, 0.1) is 5.41 Å². The van der Waals surface area contributed by atoms with E-state index in [0.29, 0.717) is 0 Å². The van der Waals surface area contributed by atoms with Crippen LogP contribution < -0.4 is 5.43 Å². The Morgan fingerprint density at radius 3 is 2.28 bits per heavy atom. The first-order valence-electron chi connectivity index (χ1n) is 6.64. The minimum atomic E-state index is -1.00. The molecule has 5 nitrogen and oxygen atoms in total. The normalized spacial score (nSPS) is 20.4. The molecule has 0 bridgehead atoms. The first-order chi connectivity index (χ1) is 8.36. The molecule has 1 heterocycles. The molecule has 1 aliphatic heterocycles. The van der Waals surface area contributed by atoms with Gasteiger partial charge >= 0.3 is 5.97 Å². The van der Waals surface area contributed by atoms with Gasteiger partial charge in [0.25, 0.3) is 0 Å². The van der Waals surface area contributed by atoms with Gasteiger partial charge in [0.1, 0.15) is 0 Å². The van der Waals surface area contributed by atoms with Crippen molar-refractivity contribution >= 4 is 11.9 Å². The number of rotatable bonds is 5. The molecule has 1 atom stereocenters. The third-order valence-corrected chi connectivity index (χ3v) is 3.93. The highest BCUT2D eigenvalue weighted by Gasteiger charge is 2.39. The summed E-state index contributed by atoms with van der Waals surface area (Å²) in [4.78, 5) is 23.2. The van der Waals surface area contributed by atoms with Crippen molar-refractivity contribution in [2.24, 2.45) is 11.3 Å². The molecule has 0 saturated carbocycles. The highest BCUT2D eigenvalue weighted by Crippen LogP contribution is 2.31. The van der Waals surface area contributed by atoms with Crippen LogP contribution in [-0.4, -0.2) is 35.1 Å². The summed E-state index contributed by atoms with van der Waals surface area (Å²) in [6.45, 7) is 7.02. The Morgan fingerprint density at radius 1 is 1.28 bits per heavy atom. The summed E-state index contributed by atoms with van der Waals surface area (Å²) in [7, 11) is 0. The molecule has 5 heteroatoms. The Kier molecular flexibility index (Phi) is 5.14. The van der Waals surface area contributed by atoms with Gasteiger partial charge in [-0.1, -0.05) is 20.3 Å². The summed E-state index contributed by atoms with van der Waals surface area (Å²) in [6, 6.07) is 0. The summed E-state index contributed by atoms with van der Waals surface area (Å²) in [5.41, 5.74) is 1.82. The van der Waals surface area contributed by atoms with Crippen LogP contribution in [0.3, 0.4) is 0 Å².